The molecule has 0 saturated carbocycles. The molecule has 5 heteroatoms. The van der Waals surface area contributed by atoms with Crippen molar-refractivity contribution in [1.82, 2.24) is 0 Å². The first-order chi connectivity index (χ1) is 10.2. The molecule has 4 nitrogen and oxygen atoms in total. The fraction of sp³-hybridized carbons (Fsp3) is 0.562. The maximum Gasteiger partial charge on any atom is 0.211 e. The van der Waals surface area contributed by atoms with Gasteiger partial charge in [-0.25, -0.2) is 0 Å². The lowest BCUT2D eigenvalue weighted by molar-refractivity contribution is -0.105. The van der Waals surface area contributed by atoms with Crippen LogP contribution in [-0.4, -0.2) is 25.5 Å². The maximum absolute atomic E-state index is 10.4. The van der Waals surface area contributed by atoms with Gasteiger partial charge in [0.25, 0.3) is 0 Å². The predicted octanol–water partition coefficient (Wildman–Crippen LogP) is 4.47. The number of alkyl halides is 1. The predicted molar refractivity (Wildman–Crippen MR) is 88.7 cm³/mol. The number of carbonyl (C=O) groups excluding carboxylic acids is 1. The van der Waals surface area contributed by atoms with E-state index in [-0.39, 0.29) is 6.10 Å². The van der Waals surface area contributed by atoms with E-state index in [4.69, 9.17) is 21.1 Å². The highest BCUT2D eigenvalue weighted by molar-refractivity contribution is 6.17. The van der Waals surface area contributed by atoms with Gasteiger partial charge in [0.2, 0.25) is 6.41 Å². The Kier molecular flexibility index (Phi) is 11.5. The number of ether oxygens (including phenoxy) is 2. The summed E-state index contributed by atoms with van der Waals surface area (Å²) in [6.07, 6.45) is 3.85. The molecule has 1 aromatic carbocycles. The summed E-state index contributed by atoms with van der Waals surface area (Å²) < 4.78 is 11.2. The van der Waals surface area contributed by atoms with E-state index in [1.165, 1.54) is 0 Å². The van der Waals surface area contributed by atoms with Crippen LogP contribution in [0.4, 0.5) is 5.69 Å². The molecule has 0 aliphatic carbocycles. The molecule has 1 atom stereocenters. The average Bonchev–Trinajstić information content (AvgIpc) is 2.48. The highest BCUT2D eigenvalue weighted by atomic mass is 35.5. The third-order valence-electron chi connectivity index (χ3n) is 2.75. The highest BCUT2D eigenvalue weighted by Crippen LogP contribution is 2.31. The van der Waals surface area contributed by atoms with E-state index < -0.39 is 0 Å². The fourth-order valence-electron chi connectivity index (χ4n) is 1.77. The largest absolute Gasteiger partial charge is 0.493 e. The summed E-state index contributed by atoms with van der Waals surface area (Å²) in [4.78, 5) is 10.4. The minimum absolute atomic E-state index is 0.176. The van der Waals surface area contributed by atoms with Gasteiger partial charge in [-0.05, 0) is 25.0 Å². The number of anilines is 1. The van der Waals surface area contributed by atoms with Crippen molar-refractivity contribution in [2.45, 2.75) is 46.1 Å². The minimum atomic E-state index is 0.176. The number of methoxy groups -OCH3 is 1. The van der Waals surface area contributed by atoms with E-state index in [1.807, 2.05) is 6.92 Å². The molecule has 0 saturated heterocycles. The zero-order valence-corrected chi connectivity index (χ0v) is 14.1. The molecule has 0 aromatic heterocycles. The van der Waals surface area contributed by atoms with E-state index in [0.29, 0.717) is 23.6 Å². The zero-order valence-electron chi connectivity index (χ0n) is 13.3. The number of rotatable bonds is 8. The first-order valence-corrected chi connectivity index (χ1v) is 7.80. The molecule has 120 valence electrons. The van der Waals surface area contributed by atoms with E-state index in [1.54, 1.807) is 25.3 Å². The van der Waals surface area contributed by atoms with Crippen molar-refractivity contribution in [3.8, 4) is 11.5 Å². The van der Waals surface area contributed by atoms with Gasteiger partial charge >= 0.3 is 0 Å². The molecule has 0 aliphatic heterocycles. The Hall–Kier alpha value is -1.42. The van der Waals surface area contributed by atoms with Crippen LogP contribution >= 0.6 is 11.6 Å². The van der Waals surface area contributed by atoms with Crippen LogP contribution in [0.5, 0.6) is 11.5 Å². The van der Waals surface area contributed by atoms with Gasteiger partial charge in [-0.1, -0.05) is 27.2 Å². The molecule has 0 fully saturated rings. The summed E-state index contributed by atoms with van der Waals surface area (Å²) >= 11 is 5.00. The van der Waals surface area contributed by atoms with Crippen molar-refractivity contribution in [2.75, 3.05) is 18.3 Å². The molecule has 1 aromatic rings. The summed E-state index contributed by atoms with van der Waals surface area (Å²) in [5.74, 6) is 2.07. The van der Waals surface area contributed by atoms with Gasteiger partial charge in [-0.3, -0.25) is 4.79 Å². The van der Waals surface area contributed by atoms with E-state index in [2.05, 4.69) is 19.2 Å². The first kappa shape index (κ1) is 19.6. The third-order valence-corrected chi connectivity index (χ3v) is 2.75. The van der Waals surface area contributed by atoms with Crippen molar-refractivity contribution in [3.05, 3.63) is 18.2 Å². The van der Waals surface area contributed by atoms with Crippen molar-refractivity contribution in [3.63, 3.8) is 0 Å². The number of hydrogen-bond donors (Lipinski definition) is 1. The fourth-order valence-corrected chi connectivity index (χ4v) is 1.77. The number of carbonyl (C=O) groups is 1. The van der Waals surface area contributed by atoms with Gasteiger partial charge < -0.3 is 14.8 Å². The van der Waals surface area contributed by atoms with Gasteiger partial charge in [-0.2, -0.15) is 0 Å². The Morgan fingerprint density at radius 3 is 2.43 bits per heavy atom. The van der Waals surface area contributed by atoms with Crippen LogP contribution in [0.15, 0.2) is 18.2 Å². The lowest BCUT2D eigenvalue weighted by Gasteiger charge is -2.19. The highest BCUT2D eigenvalue weighted by Gasteiger charge is 2.11. The van der Waals surface area contributed by atoms with Crippen molar-refractivity contribution in [1.29, 1.82) is 0 Å². The molecular weight excluding hydrogens is 290 g/mol. The molecule has 0 bridgehead atoms. The Morgan fingerprint density at radius 2 is 1.95 bits per heavy atom. The summed E-state index contributed by atoms with van der Waals surface area (Å²) in [5.41, 5.74) is 0.701. The second-order valence-electron chi connectivity index (χ2n) is 4.33. The smallest absolute Gasteiger partial charge is 0.211 e. The summed E-state index contributed by atoms with van der Waals surface area (Å²) in [5, 5.41) is 2.61. The average molecular weight is 316 g/mol. The standard InChI is InChI=1S/C14H21NO3.C2H5Cl/c1-4-6-12(5-2)18-14-9-11(15-10-16)7-8-13(14)17-3;1-2-3/h7-10,12H,4-6H2,1-3H3,(H,15,16);2H2,1H3. The normalized spacial score (nSPS) is 10.9. The Bertz CT molecular complexity index is 399. The Balaban J connectivity index is 0.00000122. The molecule has 0 spiro atoms. The van der Waals surface area contributed by atoms with Crippen LogP contribution in [-0.2, 0) is 4.79 Å². The molecule has 0 aliphatic rings. The van der Waals surface area contributed by atoms with E-state index in [9.17, 15) is 4.79 Å². The molecule has 1 rings (SSSR count). The third kappa shape index (κ3) is 7.81. The second kappa shape index (κ2) is 12.3. The second-order valence-corrected chi connectivity index (χ2v) is 4.87. The monoisotopic (exact) mass is 315 g/mol. The Labute approximate surface area is 132 Å². The quantitative estimate of drug-likeness (QED) is 0.569. The summed E-state index contributed by atoms with van der Waals surface area (Å²) in [6.45, 7) is 6.12. The molecule has 1 amide bonds. The van der Waals surface area contributed by atoms with Crippen molar-refractivity contribution >= 4 is 23.7 Å². The molecule has 1 N–H and O–H groups in total. The van der Waals surface area contributed by atoms with Gasteiger partial charge in [0.05, 0.1) is 13.2 Å². The van der Waals surface area contributed by atoms with Crippen molar-refractivity contribution in [2.24, 2.45) is 0 Å². The van der Waals surface area contributed by atoms with Crippen molar-refractivity contribution < 1.29 is 14.3 Å². The number of amides is 1. The van der Waals surface area contributed by atoms with Crippen LogP contribution in [0, 0.1) is 0 Å². The minimum Gasteiger partial charge on any atom is -0.493 e. The maximum atomic E-state index is 10.4. The van der Waals surface area contributed by atoms with Crippen LogP contribution in [0.25, 0.3) is 0 Å². The molecule has 0 heterocycles. The number of halogens is 1. The summed E-state index contributed by atoms with van der Waals surface area (Å²) in [7, 11) is 1.61. The van der Waals surface area contributed by atoms with E-state index >= 15 is 0 Å². The summed E-state index contributed by atoms with van der Waals surface area (Å²) in [6, 6.07) is 5.35. The van der Waals surface area contributed by atoms with Crippen LogP contribution in [0.1, 0.15) is 40.0 Å². The SMILES string of the molecule is CCCC(CC)Oc1cc(NC=O)ccc1OC.CCCl. The number of hydrogen-bond acceptors (Lipinski definition) is 3. The topological polar surface area (TPSA) is 47.6 Å². The lowest BCUT2D eigenvalue weighted by Crippen LogP contribution is -2.15. The Morgan fingerprint density at radius 1 is 1.29 bits per heavy atom. The zero-order chi connectivity index (χ0) is 16.1. The van der Waals surface area contributed by atoms with E-state index in [0.717, 1.165) is 25.1 Å². The van der Waals surface area contributed by atoms with Gasteiger partial charge in [-0.15, -0.1) is 11.6 Å². The van der Waals surface area contributed by atoms with Crippen LogP contribution in [0.3, 0.4) is 0 Å². The van der Waals surface area contributed by atoms with Gasteiger partial charge in [0.1, 0.15) is 0 Å². The lowest BCUT2D eigenvalue weighted by atomic mass is 10.1. The molecule has 0 radical (unpaired) electrons. The van der Waals surface area contributed by atoms with Crippen LogP contribution < -0.4 is 14.8 Å². The molecule has 1 unspecified atom stereocenters. The van der Waals surface area contributed by atoms with Gasteiger partial charge in [0, 0.05) is 17.6 Å². The molecule has 21 heavy (non-hydrogen) atoms. The first-order valence-electron chi connectivity index (χ1n) is 7.27. The molecular formula is C16H26ClNO3. The van der Waals surface area contributed by atoms with Gasteiger partial charge in [0.15, 0.2) is 11.5 Å². The number of benzene rings is 1. The number of nitrogens with one attached hydrogen (secondary N) is 1. The van der Waals surface area contributed by atoms with Crippen LogP contribution in [0.2, 0.25) is 0 Å².